The van der Waals surface area contributed by atoms with Crippen LogP contribution in [0, 0.1) is 18.3 Å². The van der Waals surface area contributed by atoms with Crippen LogP contribution < -0.4 is 5.32 Å². The second-order valence-electron chi connectivity index (χ2n) is 3.79. The maximum absolute atomic E-state index is 5.35. The molecule has 1 nitrogen and oxygen atoms in total. The van der Waals surface area contributed by atoms with Gasteiger partial charge < -0.3 is 5.32 Å². The molecule has 0 amide bonds. The normalized spacial score (nSPS) is 10.0. The number of anilines is 1. The molecule has 0 radical (unpaired) electrons. The highest BCUT2D eigenvalue weighted by molar-refractivity contribution is 5.49. The summed E-state index contributed by atoms with van der Waals surface area (Å²) in [4.78, 5) is 0. The average Bonchev–Trinajstić information content (AvgIpc) is 2.31. The molecule has 1 rings (SSSR count). The summed E-state index contributed by atoms with van der Waals surface area (Å²) >= 11 is 0. The Bertz CT molecular complexity index is 331. The summed E-state index contributed by atoms with van der Waals surface area (Å²) in [5.41, 5.74) is 2.06. The summed E-state index contributed by atoms with van der Waals surface area (Å²) < 4.78 is 0. The highest BCUT2D eigenvalue weighted by Crippen LogP contribution is 2.13. The molecule has 0 aliphatic rings. The summed E-state index contributed by atoms with van der Waals surface area (Å²) in [6.45, 7) is 5.49. The van der Waals surface area contributed by atoms with Gasteiger partial charge in [0.2, 0.25) is 0 Å². The lowest BCUT2D eigenvalue weighted by atomic mass is 10.0. The zero-order chi connectivity index (χ0) is 11.1. The summed E-state index contributed by atoms with van der Waals surface area (Å²) in [6, 6.07) is 8.01. The lowest BCUT2D eigenvalue weighted by Crippen LogP contribution is -2.12. The van der Waals surface area contributed by atoms with Crippen LogP contribution in [0.25, 0.3) is 0 Å². The molecule has 0 saturated heterocycles. The zero-order valence-corrected chi connectivity index (χ0v) is 9.59. The predicted molar refractivity (Wildman–Crippen MR) is 66.9 cm³/mol. The summed E-state index contributed by atoms with van der Waals surface area (Å²) in [7, 11) is 0. The third-order valence-corrected chi connectivity index (χ3v) is 2.78. The van der Waals surface area contributed by atoms with Crippen LogP contribution in [-0.4, -0.2) is 6.54 Å². The Kier molecular flexibility index (Phi) is 4.77. The molecule has 0 heterocycles. The van der Waals surface area contributed by atoms with Gasteiger partial charge in [-0.3, -0.25) is 0 Å². The first-order valence-electron chi connectivity index (χ1n) is 5.60. The number of nitrogens with one attached hydrogen (secondary N) is 1. The molecule has 80 valence electrons. The van der Waals surface area contributed by atoms with Crippen LogP contribution in [0.3, 0.4) is 0 Å². The van der Waals surface area contributed by atoms with Crippen LogP contribution in [0.15, 0.2) is 24.3 Å². The van der Waals surface area contributed by atoms with E-state index in [4.69, 9.17) is 6.42 Å². The molecule has 0 saturated carbocycles. The van der Waals surface area contributed by atoms with Crippen LogP contribution in [0.1, 0.15) is 32.3 Å². The molecule has 0 unspecified atom stereocenters. The predicted octanol–water partition coefficient (Wildman–Crippen LogP) is 3.52. The van der Waals surface area contributed by atoms with Gasteiger partial charge in [0, 0.05) is 17.8 Å². The first kappa shape index (κ1) is 11.7. The number of hydrogen-bond acceptors (Lipinski definition) is 1. The summed E-state index contributed by atoms with van der Waals surface area (Å²) in [6.07, 6.45) is 7.79. The van der Waals surface area contributed by atoms with Crippen LogP contribution >= 0.6 is 0 Å². The molecule has 1 N–H and O–H groups in total. The molecular weight excluding hydrogens is 182 g/mol. The maximum Gasteiger partial charge on any atom is 0.0352 e. The molecule has 15 heavy (non-hydrogen) atoms. The third-order valence-electron chi connectivity index (χ3n) is 2.78. The van der Waals surface area contributed by atoms with Crippen LogP contribution in [0.5, 0.6) is 0 Å². The van der Waals surface area contributed by atoms with Gasteiger partial charge in [0.25, 0.3) is 0 Å². The van der Waals surface area contributed by atoms with E-state index < -0.39 is 0 Å². The SMILES string of the molecule is C#Cc1cccc(NCC(CC)CC)c1. The van der Waals surface area contributed by atoms with E-state index in [-0.39, 0.29) is 0 Å². The lowest BCUT2D eigenvalue weighted by molar-refractivity contribution is 0.519. The van der Waals surface area contributed by atoms with Crippen LogP contribution in [0.4, 0.5) is 5.69 Å². The minimum absolute atomic E-state index is 0.750. The molecule has 0 aliphatic heterocycles. The van der Waals surface area contributed by atoms with E-state index in [1.807, 2.05) is 18.2 Å². The number of hydrogen-bond donors (Lipinski definition) is 1. The summed E-state index contributed by atoms with van der Waals surface area (Å²) in [5, 5.41) is 3.43. The first-order chi connectivity index (χ1) is 7.30. The molecule has 1 aromatic rings. The number of benzene rings is 1. The Morgan fingerprint density at radius 3 is 2.67 bits per heavy atom. The van der Waals surface area contributed by atoms with Gasteiger partial charge in [-0.1, -0.05) is 38.7 Å². The van der Waals surface area contributed by atoms with Gasteiger partial charge in [-0.25, -0.2) is 0 Å². The van der Waals surface area contributed by atoms with E-state index >= 15 is 0 Å². The van der Waals surface area contributed by atoms with E-state index in [1.165, 1.54) is 12.8 Å². The van der Waals surface area contributed by atoms with Crippen molar-refractivity contribution in [1.82, 2.24) is 0 Å². The largest absolute Gasteiger partial charge is 0.385 e. The van der Waals surface area contributed by atoms with E-state index in [0.717, 1.165) is 23.7 Å². The van der Waals surface area contributed by atoms with Crippen molar-refractivity contribution in [2.45, 2.75) is 26.7 Å². The number of terminal acetylenes is 1. The Morgan fingerprint density at radius 2 is 2.07 bits per heavy atom. The smallest absolute Gasteiger partial charge is 0.0352 e. The van der Waals surface area contributed by atoms with Gasteiger partial charge in [-0.15, -0.1) is 6.42 Å². The van der Waals surface area contributed by atoms with Gasteiger partial charge in [0.1, 0.15) is 0 Å². The highest BCUT2D eigenvalue weighted by Gasteiger charge is 2.02. The monoisotopic (exact) mass is 201 g/mol. The van der Waals surface area contributed by atoms with Crippen molar-refractivity contribution < 1.29 is 0 Å². The molecule has 0 fully saturated rings. The minimum atomic E-state index is 0.750. The molecule has 0 bridgehead atoms. The third kappa shape index (κ3) is 3.67. The first-order valence-corrected chi connectivity index (χ1v) is 5.60. The van der Waals surface area contributed by atoms with Crippen molar-refractivity contribution in [3.05, 3.63) is 29.8 Å². The standard InChI is InChI=1S/C14H19N/c1-4-12(5-2)11-15-14-9-7-8-13(6-3)10-14/h3,7-10,12,15H,4-5,11H2,1-2H3. The van der Waals surface area contributed by atoms with Crippen molar-refractivity contribution in [3.8, 4) is 12.3 Å². The zero-order valence-electron chi connectivity index (χ0n) is 9.59. The molecule has 0 aromatic heterocycles. The Balaban J connectivity index is 2.54. The van der Waals surface area contributed by atoms with E-state index in [1.54, 1.807) is 0 Å². The molecule has 0 aliphatic carbocycles. The van der Waals surface area contributed by atoms with Crippen LogP contribution in [-0.2, 0) is 0 Å². The summed E-state index contributed by atoms with van der Waals surface area (Å²) in [5.74, 6) is 3.39. The fourth-order valence-electron chi connectivity index (χ4n) is 1.56. The average molecular weight is 201 g/mol. The van der Waals surface area contributed by atoms with Gasteiger partial charge in [-0.05, 0) is 24.1 Å². The second-order valence-corrected chi connectivity index (χ2v) is 3.79. The second kappa shape index (κ2) is 6.14. The Labute approximate surface area is 92.9 Å². The number of rotatable bonds is 5. The van der Waals surface area contributed by atoms with Crippen molar-refractivity contribution >= 4 is 5.69 Å². The Hall–Kier alpha value is -1.42. The maximum atomic E-state index is 5.35. The molecule has 1 heteroatoms. The van der Waals surface area contributed by atoms with E-state index in [2.05, 4.69) is 31.2 Å². The topological polar surface area (TPSA) is 12.0 Å². The van der Waals surface area contributed by atoms with Crippen molar-refractivity contribution in [3.63, 3.8) is 0 Å². The molecule has 0 atom stereocenters. The van der Waals surface area contributed by atoms with Crippen molar-refractivity contribution in [1.29, 1.82) is 0 Å². The van der Waals surface area contributed by atoms with Crippen molar-refractivity contribution in [2.24, 2.45) is 5.92 Å². The molecule has 0 spiro atoms. The van der Waals surface area contributed by atoms with Gasteiger partial charge >= 0.3 is 0 Å². The molecular formula is C14H19N. The lowest BCUT2D eigenvalue weighted by Gasteiger charge is -2.14. The Morgan fingerprint density at radius 1 is 1.33 bits per heavy atom. The van der Waals surface area contributed by atoms with Crippen molar-refractivity contribution in [2.75, 3.05) is 11.9 Å². The van der Waals surface area contributed by atoms with Crippen LogP contribution in [0.2, 0.25) is 0 Å². The van der Waals surface area contributed by atoms with Gasteiger partial charge in [-0.2, -0.15) is 0 Å². The van der Waals surface area contributed by atoms with Gasteiger partial charge in [0.15, 0.2) is 0 Å². The molecule has 1 aromatic carbocycles. The highest BCUT2D eigenvalue weighted by atomic mass is 14.9. The van der Waals surface area contributed by atoms with Gasteiger partial charge in [0.05, 0.1) is 0 Å². The van der Waals surface area contributed by atoms with E-state index in [0.29, 0.717) is 0 Å². The minimum Gasteiger partial charge on any atom is -0.385 e. The fraction of sp³-hybridized carbons (Fsp3) is 0.429. The fourth-order valence-corrected chi connectivity index (χ4v) is 1.56. The quantitative estimate of drug-likeness (QED) is 0.719. The van der Waals surface area contributed by atoms with E-state index in [9.17, 15) is 0 Å².